The maximum atomic E-state index is 13.7. The van der Waals surface area contributed by atoms with Crippen molar-refractivity contribution in [2.75, 3.05) is 14.2 Å². The van der Waals surface area contributed by atoms with E-state index in [1.54, 1.807) is 60.7 Å². The number of nitro benzene ring substituents is 1. The first kappa shape index (κ1) is 29.6. The van der Waals surface area contributed by atoms with Crippen molar-refractivity contribution in [1.82, 2.24) is 9.66 Å². The number of carboxylic acids is 1. The molecule has 13 heteroatoms. The Balaban J connectivity index is 1.42. The summed E-state index contributed by atoms with van der Waals surface area (Å²) in [6.45, 7) is -0.157. The number of aromatic nitrogens is 2. The monoisotopic (exact) mass is 620 g/mol. The van der Waals surface area contributed by atoms with Crippen molar-refractivity contribution < 1.29 is 33.5 Å². The van der Waals surface area contributed by atoms with Gasteiger partial charge in [0.05, 0.1) is 47.2 Å². The van der Waals surface area contributed by atoms with Gasteiger partial charge in [-0.25, -0.2) is 9.78 Å². The van der Waals surface area contributed by atoms with E-state index < -0.39 is 22.1 Å². The third-order valence-corrected chi connectivity index (χ3v) is 7.07. The van der Waals surface area contributed by atoms with Crippen molar-refractivity contribution in [3.63, 3.8) is 0 Å². The van der Waals surface area contributed by atoms with Gasteiger partial charge in [0.25, 0.3) is 5.56 Å². The lowest BCUT2D eigenvalue weighted by molar-refractivity contribution is -0.386. The number of aromatic carboxylic acids is 1. The van der Waals surface area contributed by atoms with Crippen LogP contribution in [-0.4, -0.2) is 46.1 Å². The van der Waals surface area contributed by atoms with E-state index in [0.29, 0.717) is 33.2 Å². The van der Waals surface area contributed by atoms with E-state index in [1.807, 2.05) is 0 Å². The summed E-state index contributed by atoms with van der Waals surface area (Å²) in [6, 6.07) is 22.5. The predicted octanol–water partition coefficient (Wildman–Crippen LogP) is 5.89. The Morgan fingerprint density at radius 2 is 1.78 bits per heavy atom. The van der Waals surface area contributed by atoms with Crippen molar-refractivity contribution in [2.45, 2.75) is 6.61 Å². The number of carbonyl (C=O) groups is 1. The van der Waals surface area contributed by atoms with Gasteiger partial charge < -0.3 is 23.7 Å². The minimum atomic E-state index is -1.11. The first-order valence-corrected chi connectivity index (χ1v) is 13.7. The number of nitro groups is 1. The third kappa shape index (κ3) is 5.59. The molecule has 46 heavy (non-hydrogen) atoms. The summed E-state index contributed by atoms with van der Waals surface area (Å²) in [7, 11) is 2.86. The molecule has 230 valence electrons. The maximum absolute atomic E-state index is 13.7. The molecule has 0 amide bonds. The lowest BCUT2D eigenvalue weighted by Gasteiger charge is -2.12. The van der Waals surface area contributed by atoms with Crippen molar-refractivity contribution in [3.8, 4) is 28.8 Å². The molecule has 0 fully saturated rings. The molecule has 6 aromatic rings. The molecular formula is C33H24N4O9. The van der Waals surface area contributed by atoms with Gasteiger partial charge in [0, 0.05) is 11.6 Å². The van der Waals surface area contributed by atoms with Gasteiger partial charge in [-0.2, -0.15) is 9.78 Å². The first-order chi connectivity index (χ1) is 22.3. The molecule has 0 saturated heterocycles. The number of hydrogen-bond donors (Lipinski definition) is 1. The molecule has 0 aliphatic heterocycles. The van der Waals surface area contributed by atoms with Crippen LogP contribution in [0.1, 0.15) is 21.5 Å². The smallest absolute Gasteiger partial charge is 0.335 e. The number of para-hydroxylation sites is 1. The summed E-state index contributed by atoms with van der Waals surface area (Å²) in [5.74, 6) is -0.326. The predicted molar refractivity (Wildman–Crippen MR) is 168 cm³/mol. The molecule has 0 bridgehead atoms. The molecular weight excluding hydrogens is 596 g/mol. The highest BCUT2D eigenvalue weighted by Crippen LogP contribution is 2.39. The summed E-state index contributed by atoms with van der Waals surface area (Å²) in [5, 5.41) is 26.7. The Hall–Kier alpha value is -6.50. The molecule has 0 unspecified atom stereocenters. The van der Waals surface area contributed by atoms with Crippen molar-refractivity contribution in [2.24, 2.45) is 5.10 Å². The Kier molecular flexibility index (Phi) is 7.87. The number of methoxy groups -OCH3 is 2. The van der Waals surface area contributed by atoms with E-state index in [9.17, 15) is 24.8 Å². The highest BCUT2D eigenvalue weighted by Gasteiger charge is 2.23. The highest BCUT2D eigenvalue weighted by atomic mass is 16.6. The van der Waals surface area contributed by atoms with E-state index in [0.717, 1.165) is 4.68 Å². The number of hydrogen-bond acceptors (Lipinski definition) is 10. The zero-order valence-electron chi connectivity index (χ0n) is 24.4. The number of benzene rings is 4. The summed E-state index contributed by atoms with van der Waals surface area (Å²) in [5.41, 5.74) is 0.778. The highest BCUT2D eigenvalue weighted by molar-refractivity contribution is 5.89. The minimum Gasteiger partial charge on any atom is -0.496 e. The van der Waals surface area contributed by atoms with Gasteiger partial charge in [-0.15, -0.1) is 0 Å². The fraction of sp³-hybridized carbons (Fsp3) is 0.0909. The topological polar surface area (TPSA) is 169 Å². The SMILES string of the molecule is COc1cc(C=Nn2c(-c3cc4c(OC)cccc4o3)nc3ccccc3c2=O)cc([N+](=O)[O-])c1OCc1cccc(C(=O)O)c1. The largest absolute Gasteiger partial charge is 0.496 e. The zero-order valence-corrected chi connectivity index (χ0v) is 24.4. The summed E-state index contributed by atoms with van der Waals surface area (Å²) in [6.07, 6.45) is 1.26. The second-order valence-electron chi connectivity index (χ2n) is 9.92. The zero-order chi connectivity index (χ0) is 32.4. The van der Waals surface area contributed by atoms with E-state index in [-0.39, 0.29) is 40.8 Å². The van der Waals surface area contributed by atoms with E-state index in [1.165, 1.54) is 44.7 Å². The number of nitrogens with zero attached hydrogens (tertiary/aromatic N) is 4. The normalized spacial score (nSPS) is 11.3. The third-order valence-electron chi connectivity index (χ3n) is 7.07. The summed E-state index contributed by atoms with van der Waals surface area (Å²) >= 11 is 0. The quantitative estimate of drug-likeness (QED) is 0.111. The molecule has 0 saturated carbocycles. The van der Waals surface area contributed by atoms with Crippen LogP contribution in [0.5, 0.6) is 17.2 Å². The molecule has 2 aromatic heterocycles. The fourth-order valence-electron chi connectivity index (χ4n) is 4.90. The molecule has 13 nitrogen and oxygen atoms in total. The Labute approximate surface area is 259 Å². The second kappa shape index (κ2) is 12.2. The fourth-order valence-corrected chi connectivity index (χ4v) is 4.90. The van der Waals surface area contributed by atoms with Gasteiger partial charge >= 0.3 is 11.7 Å². The van der Waals surface area contributed by atoms with Gasteiger partial charge in [-0.1, -0.05) is 30.3 Å². The van der Waals surface area contributed by atoms with Gasteiger partial charge in [0.2, 0.25) is 11.6 Å². The van der Waals surface area contributed by atoms with Crippen LogP contribution in [0.4, 0.5) is 5.69 Å². The van der Waals surface area contributed by atoms with Crippen LogP contribution >= 0.6 is 0 Å². The molecule has 0 aliphatic rings. The lowest BCUT2D eigenvalue weighted by atomic mass is 10.1. The molecule has 6 rings (SSSR count). The van der Waals surface area contributed by atoms with Crippen LogP contribution in [0.15, 0.2) is 99.2 Å². The molecule has 0 atom stereocenters. The number of rotatable bonds is 10. The Morgan fingerprint density at radius 1 is 1.00 bits per heavy atom. The molecule has 0 radical (unpaired) electrons. The van der Waals surface area contributed by atoms with Crippen LogP contribution in [0.2, 0.25) is 0 Å². The maximum Gasteiger partial charge on any atom is 0.335 e. The number of ether oxygens (including phenoxy) is 3. The molecule has 4 aromatic carbocycles. The van der Waals surface area contributed by atoms with Crippen LogP contribution in [0.25, 0.3) is 33.5 Å². The Morgan fingerprint density at radius 3 is 2.54 bits per heavy atom. The number of carboxylic acid groups (broad SMARTS) is 1. The summed E-state index contributed by atoms with van der Waals surface area (Å²) in [4.78, 5) is 41.1. The second-order valence-corrected chi connectivity index (χ2v) is 9.92. The van der Waals surface area contributed by atoms with Gasteiger partial charge in [0.1, 0.15) is 17.9 Å². The number of furan rings is 1. The average molecular weight is 621 g/mol. The van der Waals surface area contributed by atoms with Crippen molar-refractivity contribution >= 4 is 39.7 Å². The van der Waals surface area contributed by atoms with Gasteiger partial charge in [0.15, 0.2) is 11.5 Å². The van der Waals surface area contributed by atoms with Gasteiger partial charge in [-0.3, -0.25) is 14.9 Å². The van der Waals surface area contributed by atoms with Crippen molar-refractivity contribution in [1.29, 1.82) is 0 Å². The van der Waals surface area contributed by atoms with Crippen LogP contribution in [-0.2, 0) is 6.61 Å². The summed E-state index contributed by atoms with van der Waals surface area (Å²) < 4.78 is 23.7. The number of fused-ring (bicyclic) bond motifs is 2. The van der Waals surface area contributed by atoms with Gasteiger partial charge in [-0.05, 0) is 54.1 Å². The van der Waals surface area contributed by atoms with E-state index in [2.05, 4.69) is 10.1 Å². The van der Waals surface area contributed by atoms with Crippen LogP contribution in [0.3, 0.4) is 0 Å². The minimum absolute atomic E-state index is 0.0265. The molecule has 0 aliphatic carbocycles. The lowest BCUT2D eigenvalue weighted by Crippen LogP contribution is -2.20. The van der Waals surface area contributed by atoms with Crippen LogP contribution in [0, 0.1) is 10.1 Å². The average Bonchev–Trinajstić information content (AvgIpc) is 3.51. The van der Waals surface area contributed by atoms with Crippen molar-refractivity contribution in [3.05, 3.63) is 122 Å². The molecule has 0 spiro atoms. The van der Waals surface area contributed by atoms with E-state index >= 15 is 0 Å². The van der Waals surface area contributed by atoms with E-state index in [4.69, 9.17) is 18.6 Å². The first-order valence-electron chi connectivity index (χ1n) is 13.7. The van der Waals surface area contributed by atoms with Crippen LogP contribution < -0.4 is 19.8 Å². The molecule has 2 heterocycles. The molecule has 1 N–H and O–H groups in total. The standard InChI is InChI=1S/C33H24N4O9/c1-43-26-11-6-12-27-23(26)16-29(46-27)31-35-24-10-4-3-9-22(24)32(38)36(31)34-17-20-14-25(37(41)42)30(28(15-20)44-2)45-18-19-7-5-8-21(13-19)33(39)40/h3-17H,18H2,1-2H3,(H,39,40). The Bertz CT molecular complexity index is 2240.